The molecule has 8 heteroatoms. The van der Waals surface area contributed by atoms with Crippen molar-refractivity contribution in [2.24, 2.45) is 5.92 Å². The Morgan fingerprint density at radius 2 is 1.71 bits per heavy atom. The van der Waals surface area contributed by atoms with Crippen LogP contribution >= 0.6 is 0 Å². The topological polar surface area (TPSA) is 129 Å². The van der Waals surface area contributed by atoms with Gasteiger partial charge in [-0.1, -0.05) is 48.5 Å². The van der Waals surface area contributed by atoms with Gasteiger partial charge in [0.05, 0.1) is 12.0 Å². The van der Waals surface area contributed by atoms with Crippen LogP contribution in [0.3, 0.4) is 0 Å². The van der Waals surface area contributed by atoms with Gasteiger partial charge in [-0.15, -0.1) is 0 Å². The number of carbonyl (C=O) groups is 3. The highest BCUT2D eigenvalue weighted by Crippen LogP contribution is 2.44. The van der Waals surface area contributed by atoms with Gasteiger partial charge in [-0.3, -0.25) is 9.59 Å². The Morgan fingerprint density at radius 1 is 1.06 bits per heavy atom. The van der Waals surface area contributed by atoms with Gasteiger partial charge < -0.3 is 20.5 Å². The second-order valence-corrected chi connectivity index (χ2v) is 8.74. The summed E-state index contributed by atoms with van der Waals surface area (Å²) in [6.45, 7) is 0.0895. The number of nitrogens with one attached hydrogen (secondary N) is 2. The van der Waals surface area contributed by atoms with Crippen LogP contribution in [0.2, 0.25) is 0 Å². The summed E-state index contributed by atoms with van der Waals surface area (Å²) in [5.41, 5.74) is 4.35. The van der Waals surface area contributed by atoms with Gasteiger partial charge in [-0.2, -0.15) is 5.26 Å². The summed E-state index contributed by atoms with van der Waals surface area (Å²) in [5.74, 6) is -1.97. The third kappa shape index (κ3) is 5.04. The van der Waals surface area contributed by atoms with E-state index < -0.39 is 24.0 Å². The first kappa shape index (κ1) is 23.3. The summed E-state index contributed by atoms with van der Waals surface area (Å²) < 4.78 is 5.51. The number of hydrogen-bond acceptors (Lipinski definition) is 5. The number of hydrogen-bond donors (Lipinski definition) is 3. The first-order valence-electron chi connectivity index (χ1n) is 11.5. The van der Waals surface area contributed by atoms with E-state index in [0.717, 1.165) is 28.7 Å². The Morgan fingerprint density at radius 3 is 2.32 bits per heavy atom. The van der Waals surface area contributed by atoms with Crippen LogP contribution in [-0.2, 0) is 14.3 Å². The molecule has 2 amide bonds. The fourth-order valence-electron chi connectivity index (χ4n) is 4.89. The van der Waals surface area contributed by atoms with Crippen molar-refractivity contribution in [1.29, 1.82) is 5.26 Å². The lowest BCUT2D eigenvalue weighted by Crippen LogP contribution is -2.50. The molecule has 34 heavy (non-hydrogen) atoms. The maximum atomic E-state index is 12.8. The molecular weight excluding hydrogens is 434 g/mol. The molecule has 1 saturated carbocycles. The fourth-order valence-corrected chi connectivity index (χ4v) is 4.89. The summed E-state index contributed by atoms with van der Waals surface area (Å²) in [7, 11) is 0. The van der Waals surface area contributed by atoms with Crippen molar-refractivity contribution >= 4 is 18.0 Å². The number of aliphatic carboxylic acids is 1. The van der Waals surface area contributed by atoms with E-state index in [9.17, 15) is 19.6 Å². The van der Waals surface area contributed by atoms with Gasteiger partial charge in [-0.25, -0.2) is 4.79 Å². The smallest absolute Gasteiger partial charge is 0.407 e. The molecule has 3 unspecified atom stereocenters. The van der Waals surface area contributed by atoms with E-state index in [4.69, 9.17) is 9.84 Å². The van der Waals surface area contributed by atoms with E-state index in [1.807, 2.05) is 48.5 Å². The first-order valence-corrected chi connectivity index (χ1v) is 11.5. The molecule has 8 nitrogen and oxygen atoms in total. The van der Waals surface area contributed by atoms with Gasteiger partial charge in [0, 0.05) is 18.4 Å². The number of nitriles is 1. The number of carboxylic acid groups (broad SMARTS) is 1. The van der Waals surface area contributed by atoms with Crippen molar-refractivity contribution in [3.63, 3.8) is 0 Å². The largest absolute Gasteiger partial charge is 0.481 e. The molecule has 4 rings (SSSR count). The van der Waals surface area contributed by atoms with Crippen molar-refractivity contribution in [2.45, 2.75) is 50.1 Å². The molecule has 0 spiro atoms. The Hall–Kier alpha value is -3.86. The van der Waals surface area contributed by atoms with Gasteiger partial charge in [0.2, 0.25) is 5.91 Å². The summed E-state index contributed by atoms with van der Waals surface area (Å²) in [6, 6.07) is 16.8. The highest BCUT2D eigenvalue weighted by molar-refractivity contribution is 5.86. The SMILES string of the molecule is N#CC1CCCC1NC(=O)C(CCC(=O)O)NC(=O)OCC1c2ccccc2-c2ccccc21. The molecule has 0 saturated heterocycles. The van der Waals surface area contributed by atoms with Crippen LogP contribution in [0.15, 0.2) is 48.5 Å². The van der Waals surface area contributed by atoms with Crippen LogP contribution in [0.5, 0.6) is 0 Å². The lowest BCUT2D eigenvalue weighted by molar-refractivity contribution is -0.137. The van der Waals surface area contributed by atoms with Crippen LogP contribution in [0.1, 0.15) is 49.1 Å². The number of fused-ring (bicyclic) bond motifs is 3. The molecule has 2 aromatic rings. The molecule has 0 bridgehead atoms. The minimum Gasteiger partial charge on any atom is -0.481 e. The van der Waals surface area contributed by atoms with Crippen molar-refractivity contribution < 1.29 is 24.2 Å². The molecule has 0 aliphatic heterocycles. The molecule has 0 heterocycles. The third-order valence-electron chi connectivity index (χ3n) is 6.61. The van der Waals surface area contributed by atoms with E-state index in [-0.39, 0.29) is 37.3 Å². The van der Waals surface area contributed by atoms with Crippen molar-refractivity contribution in [3.8, 4) is 17.2 Å². The predicted molar refractivity (Wildman–Crippen MR) is 124 cm³/mol. The first-order chi connectivity index (χ1) is 16.5. The summed E-state index contributed by atoms with van der Waals surface area (Å²) >= 11 is 0. The standard InChI is InChI=1S/C26H27N3O5/c27-14-16-6-5-11-22(16)28-25(32)23(12-13-24(30)31)29-26(33)34-15-21-19-9-3-1-7-17(19)18-8-2-4-10-20(18)21/h1-4,7-10,16,21-23H,5-6,11-13,15H2,(H,28,32)(H,29,33)(H,30,31). The lowest BCUT2D eigenvalue weighted by Gasteiger charge is -2.22. The molecule has 3 atom stereocenters. The van der Waals surface area contributed by atoms with E-state index in [0.29, 0.717) is 12.8 Å². The summed E-state index contributed by atoms with van der Waals surface area (Å²) in [6.07, 6.45) is 1.09. The minimum absolute atomic E-state index is 0.0741. The molecule has 0 aromatic heterocycles. The lowest BCUT2D eigenvalue weighted by atomic mass is 9.98. The van der Waals surface area contributed by atoms with Crippen molar-refractivity contribution in [2.75, 3.05) is 6.61 Å². The Balaban J connectivity index is 1.40. The number of benzene rings is 2. The number of carboxylic acids is 1. The summed E-state index contributed by atoms with van der Waals surface area (Å²) in [5, 5.41) is 23.6. The molecule has 2 aromatic carbocycles. The van der Waals surface area contributed by atoms with Gasteiger partial charge >= 0.3 is 12.1 Å². The highest BCUT2D eigenvalue weighted by Gasteiger charge is 2.32. The maximum Gasteiger partial charge on any atom is 0.407 e. The third-order valence-corrected chi connectivity index (χ3v) is 6.61. The average Bonchev–Trinajstić information content (AvgIpc) is 3.42. The number of nitrogens with zero attached hydrogens (tertiary/aromatic N) is 1. The molecule has 0 radical (unpaired) electrons. The second-order valence-electron chi connectivity index (χ2n) is 8.74. The van der Waals surface area contributed by atoms with Crippen LogP contribution in [-0.4, -0.2) is 41.8 Å². The minimum atomic E-state index is -1.07. The van der Waals surface area contributed by atoms with Crippen molar-refractivity contribution in [1.82, 2.24) is 10.6 Å². The van der Waals surface area contributed by atoms with Gasteiger partial charge in [0.25, 0.3) is 0 Å². The van der Waals surface area contributed by atoms with E-state index in [1.54, 1.807) is 0 Å². The van der Waals surface area contributed by atoms with E-state index in [2.05, 4.69) is 16.7 Å². The zero-order chi connectivity index (χ0) is 24.1. The van der Waals surface area contributed by atoms with Gasteiger partial charge in [-0.05, 0) is 47.9 Å². The van der Waals surface area contributed by atoms with E-state index in [1.165, 1.54) is 0 Å². The molecule has 2 aliphatic carbocycles. The molecule has 176 valence electrons. The maximum absolute atomic E-state index is 12.8. The quantitative estimate of drug-likeness (QED) is 0.551. The number of rotatable bonds is 8. The van der Waals surface area contributed by atoms with Crippen LogP contribution < -0.4 is 10.6 Å². The zero-order valence-corrected chi connectivity index (χ0v) is 18.7. The number of carbonyl (C=O) groups excluding carboxylic acids is 2. The predicted octanol–water partition coefficient (Wildman–Crippen LogP) is 3.57. The number of alkyl carbamates (subject to hydrolysis) is 1. The van der Waals surface area contributed by atoms with Crippen LogP contribution in [0, 0.1) is 17.2 Å². The van der Waals surface area contributed by atoms with Crippen LogP contribution in [0.4, 0.5) is 4.79 Å². The second kappa shape index (κ2) is 10.4. The number of ether oxygens (including phenoxy) is 1. The average molecular weight is 462 g/mol. The molecule has 1 fully saturated rings. The van der Waals surface area contributed by atoms with Crippen molar-refractivity contribution in [3.05, 3.63) is 59.7 Å². The summed E-state index contributed by atoms with van der Waals surface area (Å²) in [4.78, 5) is 36.5. The zero-order valence-electron chi connectivity index (χ0n) is 18.7. The molecular formula is C26H27N3O5. The normalized spacial score (nSPS) is 19.4. The van der Waals surface area contributed by atoms with Crippen LogP contribution in [0.25, 0.3) is 11.1 Å². The number of amides is 2. The highest BCUT2D eigenvalue weighted by atomic mass is 16.5. The fraction of sp³-hybridized carbons (Fsp3) is 0.385. The Labute approximate surface area is 197 Å². The van der Waals surface area contributed by atoms with Gasteiger partial charge in [0.15, 0.2) is 0 Å². The Bertz CT molecular complexity index is 1080. The van der Waals surface area contributed by atoms with E-state index >= 15 is 0 Å². The monoisotopic (exact) mass is 461 g/mol. The molecule has 2 aliphatic rings. The Kier molecular flexibility index (Phi) is 7.12. The van der Waals surface area contributed by atoms with Gasteiger partial charge in [0.1, 0.15) is 12.6 Å². The molecule has 3 N–H and O–H groups in total.